The zero-order valence-corrected chi connectivity index (χ0v) is 20.8. The van der Waals surface area contributed by atoms with Gasteiger partial charge in [0.15, 0.2) is 0 Å². The Morgan fingerprint density at radius 1 is 1.15 bits per heavy atom. The molecule has 33 heavy (non-hydrogen) atoms. The third kappa shape index (κ3) is 4.39. The van der Waals surface area contributed by atoms with Gasteiger partial charge in [0, 0.05) is 18.0 Å². The number of rotatable bonds is 5. The average Bonchev–Trinajstić information content (AvgIpc) is 3.37. The van der Waals surface area contributed by atoms with Crippen LogP contribution in [0.15, 0.2) is 39.0 Å². The summed E-state index contributed by atoms with van der Waals surface area (Å²) >= 11 is 8.84. The summed E-state index contributed by atoms with van der Waals surface area (Å²) in [7, 11) is 0. The predicted molar refractivity (Wildman–Crippen MR) is 134 cm³/mol. The van der Waals surface area contributed by atoms with Crippen LogP contribution in [0, 0.1) is 5.82 Å². The Kier molecular flexibility index (Phi) is 6.80. The first-order valence-corrected chi connectivity index (χ1v) is 12.8. The largest absolute Gasteiger partial charge is 0.480 e. The van der Waals surface area contributed by atoms with Gasteiger partial charge < -0.3 is 10.0 Å². The van der Waals surface area contributed by atoms with Crippen molar-refractivity contribution in [3.05, 3.63) is 54.7 Å². The van der Waals surface area contributed by atoms with Crippen molar-refractivity contribution < 1.29 is 19.1 Å². The van der Waals surface area contributed by atoms with E-state index < -0.39 is 18.1 Å². The van der Waals surface area contributed by atoms with Crippen molar-refractivity contribution >= 4 is 79.9 Å². The van der Waals surface area contributed by atoms with E-state index in [4.69, 9.17) is 12.2 Å². The van der Waals surface area contributed by atoms with E-state index in [1.165, 1.54) is 28.8 Å². The van der Waals surface area contributed by atoms with Crippen molar-refractivity contribution in [2.24, 2.45) is 0 Å². The van der Waals surface area contributed by atoms with Crippen LogP contribution < -0.4 is 19.7 Å². The van der Waals surface area contributed by atoms with E-state index in [1.807, 2.05) is 11.8 Å². The number of anilines is 1. The fourth-order valence-corrected chi connectivity index (χ4v) is 7.14. The number of carboxylic acids is 1. The van der Waals surface area contributed by atoms with Crippen LogP contribution in [-0.2, 0) is 16.1 Å². The van der Waals surface area contributed by atoms with Crippen LogP contribution >= 0.6 is 47.1 Å². The summed E-state index contributed by atoms with van der Waals surface area (Å²) in [6.07, 6.45) is 3.37. The van der Waals surface area contributed by atoms with Crippen LogP contribution in [0.1, 0.15) is 13.8 Å². The molecule has 2 aliphatic heterocycles. The molecule has 0 bridgehead atoms. The average molecular weight is 524 g/mol. The highest BCUT2D eigenvalue weighted by Gasteiger charge is 2.33. The quantitative estimate of drug-likeness (QED) is 0.599. The smallest absolute Gasteiger partial charge is 0.323 e. The molecule has 1 fully saturated rings. The normalized spacial score (nSPS) is 19.2. The molecule has 0 atom stereocenters. The molecule has 1 aromatic carbocycles. The number of carbonyl (C=O) groups excluding carboxylic acids is 1. The minimum atomic E-state index is -1.19. The third-order valence-corrected chi connectivity index (χ3v) is 8.79. The van der Waals surface area contributed by atoms with E-state index in [0.29, 0.717) is 21.9 Å². The number of thiocarbonyl (C=S) groups is 1. The molecule has 1 aromatic heterocycles. The van der Waals surface area contributed by atoms with E-state index in [9.17, 15) is 23.9 Å². The van der Waals surface area contributed by atoms with E-state index in [2.05, 4.69) is 0 Å². The van der Waals surface area contributed by atoms with Crippen LogP contribution in [0.2, 0.25) is 0 Å². The van der Waals surface area contributed by atoms with Crippen molar-refractivity contribution in [1.29, 1.82) is 0 Å². The number of hydrogen-bond donors (Lipinski definition) is 1. The number of carboxylic acid groups (broad SMARTS) is 1. The van der Waals surface area contributed by atoms with Crippen molar-refractivity contribution in [3.63, 3.8) is 0 Å². The second kappa shape index (κ2) is 9.45. The number of allylic oxidation sites excluding steroid dienone is 1. The van der Waals surface area contributed by atoms with Gasteiger partial charge in [-0.25, -0.2) is 4.39 Å². The van der Waals surface area contributed by atoms with Gasteiger partial charge in [0.2, 0.25) is 0 Å². The standard InChI is InChI=1S/C21H18FN3O4S4/c1-3-23-12-9-11(22)5-6-13(12)31-15(23)8-7-14-18(28)25(10-16(26)27)20(32-14)17-19(29)24(4-2)21(30)33-17/h5-9H,3-4,10H2,1-2H3,(H,26,27). The number of thioether (sulfide) groups is 2. The maximum Gasteiger partial charge on any atom is 0.323 e. The number of amides is 1. The summed E-state index contributed by atoms with van der Waals surface area (Å²) in [6.45, 7) is 4.17. The number of nitrogens with zero attached hydrogens (tertiary/aromatic N) is 3. The maximum atomic E-state index is 13.7. The Bertz CT molecular complexity index is 1400. The van der Waals surface area contributed by atoms with E-state index >= 15 is 0 Å². The molecule has 0 aliphatic carbocycles. The Hall–Kier alpha value is -2.41. The fraction of sp³-hybridized carbons (Fsp3) is 0.238. The van der Waals surface area contributed by atoms with Gasteiger partial charge in [0.05, 0.1) is 15.2 Å². The Balaban J connectivity index is 1.84. The van der Waals surface area contributed by atoms with Gasteiger partial charge in [-0.2, -0.15) is 0 Å². The number of fused-ring (bicyclic) bond motifs is 1. The second-order valence-electron chi connectivity index (χ2n) is 6.93. The lowest BCUT2D eigenvalue weighted by atomic mass is 10.3. The molecule has 0 unspecified atom stereocenters. The van der Waals surface area contributed by atoms with Gasteiger partial charge in [0.1, 0.15) is 26.3 Å². The Morgan fingerprint density at radius 3 is 2.52 bits per heavy atom. The third-order valence-electron chi connectivity index (χ3n) is 4.95. The molecule has 172 valence electrons. The second-order valence-corrected chi connectivity index (χ2v) is 10.7. The van der Waals surface area contributed by atoms with E-state index in [0.717, 1.165) is 43.3 Å². The Morgan fingerprint density at radius 2 is 1.88 bits per heavy atom. The van der Waals surface area contributed by atoms with Crippen molar-refractivity contribution in [2.75, 3.05) is 18.0 Å². The summed E-state index contributed by atoms with van der Waals surface area (Å²) in [5.74, 6) is -1.85. The minimum absolute atomic E-state index is 0.255. The first-order valence-electron chi connectivity index (χ1n) is 9.91. The molecule has 12 heteroatoms. The first-order chi connectivity index (χ1) is 15.7. The first kappa shape index (κ1) is 23.7. The lowest BCUT2D eigenvalue weighted by Crippen LogP contribution is -2.35. The van der Waals surface area contributed by atoms with Gasteiger partial charge in [-0.1, -0.05) is 35.7 Å². The number of aliphatic carboxylic acids is 1. The van der Waals surface area contributed by atoms with Crippen LogP contribution in [-0.4, -0.2) is 43.9 Å². The summed E-state index contributed by atoms with van der Waals surface area (Å²) in [5.41, 5.74) is 0.264. The molecular formula is C21H18FN3O4S4. The number of benzene rings is 1. The molecule has 7 nitrogen and oxygen atoms in total. The highest BCUT2D eigenvalue weighted by molar-refractivity contribution is 8.30. The fourth-order valence-electron chi connectivity index (χ4n) is 3.45. The van der Waals surface area contributed by atoms with Gasteiger partial charge in [-0.15, -0.1) is 11.3 Å². The SMILES string of the molecule is CCN1C(=O)C(=c2sc(=CC=C3Sc4ccc(F)cc4N3CC)c(=O)n2CC(=O)O)SC1=S. The molecule has 2 aromatic rings. The van der Waals surface area contributed by atoms with Gasteiger partial charge in [-0.05, 0) is 44.2 Å². The van der Waals surface area contributed by atoms with Crippen LogP contribution in [0.25, 0.3) is 11.0 Å². The zero-order valence-electron chi connectivity index (χ0n) is 17.5. The van der Waals surface area contributed by atoms with E-state index in [-0.39, 0.29) is 21.3 Å². The van der Waals surface area contributed by atoms with Crippen molar-refractivity contribution in [3.8, 4) is 0 Å². The topological polar surface area (TPSA) is 82.9 Å². The molecule has 2 aliphatic rings. The number of carbonyl (C=O) groups is 2. The molecule has 0 spiro atoms. The molecule has 3 heterocycles. The molecule has 0 radical (unpaired) electrons. The molecule has 4 rings (SSSR count). The van der Waals surface area contributed by atoms with Gasteiger partial charge >= 0.3 is 5.97 Å². The minimum Gasteiger partial charge on any atom is -0.480 e. The summed E-state index contributed by atoms with van der Waals surface area (Å²) in [4.78, 5) is 41.7. The van der Waals surface area contributed by atoms with Crippen molar-refractivity contribution in [2.45, 2.75) is 25.3 Å². The summed E-state index contributed by atoms with van der Waals surface area (Å²) in [5, 5.41) is 10.1. The Labute approximate surface area is 205 Å². The molecule has 0 saturated carbocycles. The number of hydrogen-bond acceptors (Lipinski definition) is 8. The number of halogens is 1. The number of thiazole rings is 1. The lowest BCUT2D eigenvalue weighted by molar-refractivity contribution is -0.137. The lowest BCUT2D eigenvalue weighted by Gasteiger charge is -2.17. The molecule has 1 amide bonds. The van der Waals surface area contributed by atoms with Gasteiger partial charge in [0.25, 0.3) is 11.5 Å². The van der Waals surface area contributed by atoms with Crippen LogP contribution in [0.5, 0.6) is 0 Å². The highest BCUT2D eigenvalue weighted by Crippen LogP contribution is 2.45. The highest BCUT2D eigenvalue weighted by atomic mass is 32.2. The molecular weight excluding hydrogens is 506 g/mol. The summed E-state index contributed by atoms with van der Waals surface area (Å²) < 4.78 is 15.8. The molecule has 1 N–H and O–H groups in total. The monoisotopic (exact) mass is 523 g/mol. The number of aromatic nitrogens is 1. The van der Waals surface area contributed by atoms with Crippen LogP contribution in [0.4, 0.5) is 10.1 Å². The molecule has 1 saturated heterocycles. The zero-order chi connectivity index (χ0) is 23.9. The summed E-state index contributed by atoms with van der Waals surface area (Å²) in [6, 6.07) is 4.58. The predicted octanol–water partition coefficient (Wildman–Crippen LogP) is 2.38. The maximum absolute atomic E-state index is 13.7. The van der Waals surface area contributed by atoms with Gasteiger partial charge in [-0.3, -0.25) is 23.9 Å². The van der Waals surface area contributed by atoms with Crippen LogP contribution in [0.3, 0.4) is 0 Å². The van der Waals surface area contributed by atoms with E-state index in [1.54, 1.807) is 25.1 Å². The van der Waals surface area contributed by atoms with Crippen molar-refractivity contribution in [1.82, 2.24) is 9.47 Å².